The fourth-order valence-corrected chi connectivity index (χ4v) is 3.88. The van der Waals surface area contributed by atoms with Crippen LogP contribution in [0.25, 0.3) is 10.9 Å². The molecule has 1 aromatic heterocycles. The third-order valence-electron chi connectivity index (χ3n) is 5.19. The number of amides is 1. The van der Waals surface area contributed by atoms with Crippen LogP contribution in [0.15, 0.2) is 24.3 Å². The van der Waals surface area contributed by atoms with Crippen molar-refractivity contribution < 1.29 is 9.90 Å². The molecule has 0 radical (unpaired) electrons. The number of hydrogen-bond acceptors (Lipinski definition) is 4. The maximum absolute atomic E-state index is 12.7. The molecular weight excluding hydrogens is 292 g/mol. The lowest BCUT2D eigenvalue weighted by atomic mass is 10.1. The van der Waals surface area contributed by atoms with Crippen molar-refractivity contribution in [3.05, 3.63) is 30.0 Å². The number of nitrogens with zero attached hydrogens (tertiary/aromatic N) is 3. The number of rotatable bonds is 2. The Bertz CT molecular complexity index is 705. The molecule has 2 heterocycles. The highest BCUT2D eigenvalue weighted by Crippen LogP contribution is 2.25. The molecule has 1 aliphatic heterocycles. The Hall–Kier alpha value is -1.92. The van der Waals surface area contributed by atoms with Crippen molar-refractivity contribution in [2.45, 2.75) is 31.4 Å². The number of carbonyl (C=O) groups is 1. The van der Waals surface area contributed by atoms with Crippen LogP contribution < -0.4 is 0 Å². The van der Waals surface area contributed by atoms with Gasteiger partial charge in [0.25, 0.3) is 5.91 Å². The highest BCUT2D eigenvalue weighted by Gasteiger charge is 2.34. The monoisotopic (exact) mass is 314 g/mol. The Kier molecular flexibility index (Phi) is 3.79. The van der Waals surface area contributed by atoms with Gasteiger partial charge in [-0.25, -0.2) is 0 Å². The highest BCUT2D eigenvalue weighted by atomic mass is 16.3. The molecule has 2 fully saturated rings. The molecule has 1 saturated heterocycles. The second kappa shape index (κ2) is 5.94. The average molecular weight is 314 g/mol. The summed E-state index contributed by atoms with van der Waals surface area (Å²) in [6.45, 7) is 3.05. The molecule has 2 N–H and O–H groups in total. The van der Waals surface area contributed by atoms with Crippen molar-refractivity contribution in [2.24, 2.45) is 0 Å². The Morgan fingerprint density at radius 2 is 1.96 bits per heavy atom. The number of benzene rings is 1. The number of carbonyl (C=O) groups excluding carboxylic acids is 1. The molecule has 122 valence electrons. The molecule has 4 rings (SSSR count). The molecule has 2 atom stereocenters. The summed E-state index contributed by atoms with van der Waals surface area (Å²) in [5.41, 5.74) is 1.40. The Balaban J connectivity index is 1.45. The third-order valence-corrected chi connectivity index (χ3v) is 5.19. The van der Waals surface area contributed by atoms with E-state index >= 15 is 0 Å². The van der Waals surface area contributed by atoms with E-state index in [0.717, 1.165) is 43.3 Å². The van der Waals surface area contributed by atoms with E-state index in [2.05, 4.69) is 15.1 Å². The van der Waals surface area contributed by atoms with Gasteiger partial charge < -0.3 is 10.0 Å². The number of piperazine rings is 1. The molecule has 2 aliphatic rings. The van der Waals surface area contributed by atoms with E-state index in [-0.39, 0.29) is 18.1 Å². The van der Waals surface area contributed by atoms with Crippen LogP contribution in [-0.4, -0.2) is 69.3 Å². The molecule has 6 nitrogen and oxygen atoms in total. The summed E-state index contributed by atoms with van der Waals surface area (Å²) in [6.07, 6.45) is 2.87. The summed E-state index contributed by atoms with van der Waals surface area (Å²) in [4.78, 5) is 17.0. The zero-order chi connectivity index (χ0) is 15.8. The van der Waals surface area contributed by atoms with Crippen LogP contribution in [-0.2, 0) is 0 Å². The van der Waals surface area contributed by atoms with Gasteiger partial charge in [0.1, 0.15) is 0 Å². The number of para-hydroxylation sites is 1. The van der Waals surface area contributed by atoms with E-state index in [0.29, 0.717) is 18.8 Å². The minimum absolute atomic E-state index is 0.00549. The second-order valence-corrected chi connectivity index (χ2v) is 6.51. The first-order chi connectivity index (χ1) is 11.2. The normalized spacial score (nSPS) is 26.0. The number of hydrogen-bond donors (Lipinski definition) is 2. The fraction of sp³-hybridized carbons (Fsp3) is 0.529. The van der Waals surface area contributed by atoms with Crippen LogP contribution >= 0.6 is 0 Å². The molecular formula is C17H22N4O2. The number of aromatic nitrogens is 2. The van der Waals surface area contributed by atoms with Gasteiger partial charge in [-0.1, -0.05) is 18.2 Å². The smallest absolute Gasteiger partial charge is 0.275 e. The summed E-state index contributed by atoms with van der Waals surface area (Å²) in [6, 6.07) is 7.99. The summed E-state index contributed by atoms with van der Waals surface area (Å²) in [5.74, 6) is -0.00549. The fourth-order valence-electron chi connectivity index (χ4n) is 3.88. The van der Waals surface area contributed by atoms with Crippen molar-refractivity contribution in [1.29, 1.82) is 0 Å². The maximum Gasteiger partial charge on any atom is 0.275 e. The van der Waals surface area contributed by atoms with Crippen molar-refractivity contribution >= 4 is 16.8 Å². The molecule has 0 bridgehead atoms. The minimum atomic E-state index is -0.201. The van der Waals surface area contributed by atoms with Crippen LogP contribution in [0.3, 0.4) is 0 Å². The largest absolute Gasteiger partial charge is 0.391 e. The van der Waals surface area contributed by atoms with Gasteiger partial charge in [-0.15, -0.1) is 0 Å². The van der Waals surface area contributed by atoms with E-state index in [9.17, 15) is 9.90 Å². The summed E-state index contributed by atoms with van der Waals surface area (Å²) < 4.78 is 0. The lowest BCUT2D eigenvalue weighted by Crippen LogP contribution is -2.53. The van der Waals surface area contributed by atoms with E-state index in [1.165, 1.54) is 0 Å². The molecule has 6 heteroatoms. The van der Waals surface area contributed by atoms with Crippen LogP contribution in [0.4, 0.5) is 0 Å². The van der Waals surface area contributed by atoms with Crippen molar-refractivity contribution in [3.63, 3.8) is 0 Å². The lowest BCUT2D eigenvalue weighted by Gasteiger charge is -2.38. The van der Waals surface area contributed by atoms with Gasteiger partial charge in [-0.05, 0) is 25.3 Å². The summed E-state index contributed by atoms with van der Waals surface area (Å²) >= 11 is 0. The molecule has 23 heavy (non-hydrogen) atoms. The number of H-pyrrole nitrogens is 1. The van der Waals surface area contributed by atoms with Crippen LogP contribution in [0, 0.1) is 0 Å². The average Bonchev–Trinajstić information content (AvgIpc) is 3.20. The van der Waals surface area contributed by atoms with E-state index in [1.54, 1.807) is 0 Å². The number of aliphatic hydroxyl groups excluding tert-OH is 1. The first kappa shape index (κ1) is 14.7. The molecule has 1 aromatic carbocycles. The van der Waals surface area contributed by atoms with Gasteiger partial charge in [0, 0.05) is 37.6 Å². The first-order valence-corrected chi connectivity index (χ1v) is 8.38. The van der Waals surface area contributed by atoms with E-state index < -0.39 is 0 Å². The Labute approximate surface area is 135 Å². The molecule has 1 aliphatic carbocycles. The van der Waals surface area contributed by atoms with Crippen molar-refractivity contribution in [1.82, 2.24) is 20.0 Å². The quantitative estimate of drug-likeness (QED) is 0.874. The summed E-state index contributed by atoms with van der Waals surface area (Å²) in [7, 11) is 0. The highest BCUT2D eigenvalue weighted by molar-refractivity contribution is 6.04. The topological polar surface area (TPSA) is 72.5 Å². The number of aromatic amines is 1. The van der Waals surface area contributed by atoms with Crippen LogP contribution in [0.2, 0.25) is 0 Å². The van der Waals surface area contributed by atoms with E-state index in [1.807, 2.05) is 29.2 Å². The molecule has 2 aromatic rings. The number of aliphatic hydroxyl groups is 1. The maximum atomic E-state index is 12.7. The zero-order valence-electron chi connectivity index (χ0n) is 13.1. The third kappa shape index (κ3) is 2.62. The SMILES string of the molecule is O=C(c1n[nH]c2ccccc12)N1CCN([C@@H]2CCC[C@H]2O)CC1. The first-order valence-electron chi connectivity index (χ1n) is 8.38. The van der Waals surface area contributed by atoms with Gasteiger partial charge >= 0.3 is 0 Å². The zero-order valence-corrected chi connectivity index (χ0v) is 13.1. The van der Waals surface area contributed by atoms with E-state index in [4.69, 9.17) is 0 Å². The van der Waals surface area contributed by atoms with Gasteiger partial charge in [-0.2, -0.15) is 5.10 Å². The Morgan fingerprint density at radius 3 is 2.70 bits per heavy atom. The van der Waals surface area contributed by atoms with Crippen molar-refractivity contribution in [2.75, 3.05) is 26.2 Å². The molecule has 0 unspecified atom stereocenters. The lowest BCUT2D eigenvalue weighted by molar-refractivity contribution is 0.0314. The summed E-state index contributed by atoms with van der Waals surface area (Å²) in [5, 5.41) is 18.1. The Morgan fingerprint density at radius 1 is 1.17 bits per heavy atom. The van der Waals surface area contributed by atoms with Gasteiger partial charge in [0.05, 0.1) is 11.6 Å². The number of fused-ring (bicyclic) bond motifs is 1. The van der Waals surface area contributed by atoms with Crippen molar-refractivity contribution in [3.8, 4) is 0 Å². The van der Waals surface area contributed by atoms with Crippen LogP contribution in [0.1, 0.15) is 29.8 Å². The van der Waals surface area contributed by atoms with Crippen LogP contribution in [0.5, 0.6) is 0 Å². The molecule has 1 saturated carbocycles. The second-order valence-electron chi connectivity index (χ2n) is 6.51. The molecule has 1 amide bonds. The molecule has 0 spiro atoms. The van der Waals surface area contributed by atoms with Gasteiger partial charge in [0.15, 0.2) is 5.69 Å². The predicted molar refractivity (Wildman–Crippen MR) is 87.2 cm³/mol. The standard InChI is InChI=1S/C17H22N4O2/c22-15-7-3-6-14(15)20-8-10-21(11-9-20)17(23)16-12-4-1-2-5-13(12)18-19-16/h1-2,4-5,14-15,22H,3,6-11H2,(H,18,19)/t14-,15-/m1/s1. The predicted octanol–water partition coefficient (Wildman–Crippen LogP) is 1.23. The minimum Gasteiger partial charge on any atom is -0.391 e. The van der Waals surface area contributed by atoms with Gasteiger partial charge in [0.2, 0.25) is 0 Å². The number of nitrogens with one attached hydrogen (secondary N) is 1. The van der Waals surface area contributed by atoms with Gasteiger partial charge in [-0.3, -0.25) is 14.8 Å².